The van der Waals surface area contributed by atoms with Crippen LogP contribution in [0.5, 0.6) is 0 Å². The minimum Gasteiger partial charge on any atom is -0.330 e. The third-order valence-electron chi connectivity index (χ3n) is 2.11. The van der Waals surface area contributed by atoms with Gasteiger partial charge in [0.15, 0.2) is 5.78 Å². The first-order valence-corrected chi connectivity index (χ1v) is 6.75. The summed E-state index contributed by atoms with van der Waals surface area (Å²) in [5, 5.41) is 4.74. The Morgan fingerprint density at radius 3 is 3.00 bits per heavy atom. The topological polar surface area (TPSA) is 56.0 Å². The number of carbonyl (C=O) groups excluding carboxylic acids is 1. The lowest BCUT2D eigenvalue weighted by molar-refractivity contribution is 0.0989. The van der Waals surface area contributed by atoms with Gasteiger partial charge >= 0.3 is 0 Å². The Hall–Kier alpha value is -1.04. The SMILES string of the molecule is NCCc1nc(C(=O)Cc2cccs2)cs1. The predicted molar refractivity (Wildman–Crippen MR) is 67.2 cm³/mol. The molecule has 0 atom stereocenters. The van der Waals surface area contributed by atoms with Crippen molar-refractivity contribution >= 4 is 28.5 Å². The second-order valence-electron chi connectivity index (χ2n) is 3.34. The molecule has 0 aliphatic carbocycles. The van der Waals surface area contributed by atoms with Crippen LogP contribution >= 0.6 is 22.7 Å². The fourth-order valence-corrected chi connectivity index (χ4v) is 2.86. The number of thiophene rings is 1. The summed E-state index contributed by atoms with van der Waals surface area (Å²) in [4.78, 5) is 17.2. The van der Waals surface area contributed by atoms with Crippen LogP contribution in [0.25, 0.3) is 0 Å². The van der Waals surface area contributed by atoms with Crippen molar-refractivity contribution in [2.24, 2.45) is 5.73 Å². The van der Waals surface area contributed by atoms with Crippen LogP contribution in [0.2, 0.25) is 0 Å². The highest BCUT2D eigenvalue weighted by molar-refractivity contribution is 7.10. The lowest BCUT2D eigenvalue weighted by Gasteiger charge is -1.93. The molecular formula is C11H12N2OS2. The third-order valence-corrected chi connectivity index (χ3v) is 3.90. The maximum atomic E-state index is 11.8. The molecule has 0 radical (unpaired) electrons. The summed E-state index contributed by atoms with van der Waals surface area (Å²) in [7, 11) is 0. The first kappa shape index (κ1) is 11.4. The summed E-state index contributed by atoms with van der Waals surface area (Å²) in [5.74, 6) is 0.0852. The maximum Gasteiger partial charge on any atom is 0.187 e. The predicted octanol–water partition coefficient (Wildman–Crippen LogP) is 2.13. The third kappa shape index (κ3) is 2.75. The van der Waals surface area contributed by atoms with Gasteiger partial charge in [-0.25, -0.2) is 4.98 Å². The molecule has 0 aliphatic heterocycles. The number of ketones is 1. The van der Waals surface area contributed by atoms with E-state index in [9.17, 15) is 4.79 Å². The Morgan fingerprint density at radius 2 is 2.31 bits per heavy atom. The first-order chi connectivity index (χ1) is 7.79. The van der Waals surface area contributed by atoms with Gasteiger partial charge in [-0.05, 0) is 18.0 Å². The summed E-state index contributed by atoms with van der Waals surface area (Å²) in [5.41, 5.74) is 6.01. The van der Waals surface area contributed by atoms with E-state index in [-0.39, 0.29) is 5.78 Å². The number of nitrogens with two attached hydrogens (primary N) is 1. The molecule has 0 bridgehead atoms. The zero-order valence-corrected chi connectivity index (χ0v) is 10.3. The average Bonchev–Trinajstić information content (AvgIpc) is 2.89. The zero-order valence-electron chi connectivity index (χ0n) is 8.68. The number of Topliss-reactive ketones (excluding diaryl/α,β-unsaturated/α-hetero) is 1. The van der Waals surface area contributed by atoms with E-state index in [1.54, 1.807) is 11.3 Å². The van der Waals surface area contributed by atoms with Crippen molar-refractivity contribution in [3.05, 3.63) is 38.5 Å². The highest BCUT2D eigenvalue weighted by atomic mass is 32.1. The van der Waals surface area contributed by atoms with E-state index in [1.807, 2.05) is 22.9 Å². The molecule has 84 valence electrons. The van der Waals surface area contributed by atoms with E-state index in [4.69, 9.17) is 5.73 Å². The number of aromatic nitrogens is 1. The van der Waals surface area contributed by atoms with Gasteiger partial charge in [-0.15, -0.1) is 22.7 Å². The van der Waals surface area contributed by atoms with E-state index in [0.29, 0.717) is 18.7 Å². The molecule has 0 aliphatic rings. The van der Waals surface area contributed by atoms with Gasteiger partial charge in [-0.1, -0.05) is 6.07 Å². The van der Waals surface area contributed by atoms with Crippen molar-refractivity contribution < 1.29 is 4.79 Å². The van der Waals surface area contributed by atoms with Crippen LogP contribution in [-0.2, 0) is 12.8 Å². The van der Waals surface area contributed by atoms with Crippen LogP contribution < -0.4 is 5.73 Å². The van der Waals surface area contributed by atoms with Gasteiger partial charge in [0.2, 0.25) is 0 Å². The Labute approximate surface area is 102 Å². The van der Waals surface area contributed by atoms with Crippen molar-refractivity contribution in [2.75, 3.05) is 6.54 Å². The van der Waals surface area contributed by atoms with Crippen molar-refractivity contribution in [1.29, 1.82) is 0 Å². The Bertz CT molecular complexity index is 462. The number of nitrogens with zero attached hydrogens (tertiary/aromatic N) is 1. The number of hydrogen-bond acceptors (Lipinski definition) is 5. The van der Waals surface area contributed by atoms with Crippen molar-refractivity contribution in [2.45, 2.75) is 12.8 Å². The molecule has 0 saturated carbocycles. The van der Waals surface area contributed by atoms with E-state index < -0.39 is 0 Å². The molecular weight excluding hydrogens is 240 g/mol. The molecule has 0 unspecified atom stereocenters. The van der Waals surface area contributed by atoms with Gasteiger partial charge in [0.25, 0.3) is 0 Å². The molecule has 2 rings (SSSR count). The fraction of sp³-hybridized carbons (Fsp3) is 0.273. The van der Waals surface area contributed by atoms with Crippen molar-refractivity contribution in [3.63, 3.8) is 0 Å². The Balaban J connectivity index is 2.03. The molecule has 0 fully saturated rings. The minimum atomic E-state index is 0.0852. The molecule has 2 heterocycles. The molecule has 2 N–H and O–H groups in total. The zero-order chi connectivity index (χ0) is 11.4. The van der Waals surface area contributed by atoms with Crippen molar-refractivity contribution in [1.82, 2.24) is 4.98 Å². The van der Waals surface area contributed by atoms with Crippen LogP contribution in [0, 0.1) is 0 Å². The molecule has 2 aromatic rings. The molecule has 0 saturated heterocycles. The van der Waals surface area contributed by atoms with E-state index in [0.717, 1.165) is 16.3 Å². The summed E-state index contributed by atoms with van der Waals surface area (Å²) in [6.07, 6.45) is 1.19. The molecule has 3 nitrogen and oxygen atoms in total. The van der Waals surface area contributed by atoms with Crippen molar-refractivity contribution in [3.8, 4) is 0 Å². The minimum absolute atomic E-state index is 0.0852. The second kappa shape index (κ2) is 5.34. The molecule has 16 heavy (non-hydrogen) atoms. The maximum absolute atomic E-state index is 11.8. The van der Waals surface area contributed by atoms with Gasteiger partial charge < -0.3 is 5.73 Å². The van der Waals surface area contributed by atoms with Gasteiger partial charge in [0.05, 0.1) is 5.01 Å². The molecule has 0 spiro atoms. The number of hydrogen-bond donors (Lipinski definition) is 1. The Kier molecular flexibility index (Phi) is 3.82. The van der Waals surface area contributed by atoms with Crippen LogP contribution in [0.4, 0.5) is 0 Å². The molecule has 2 aromatic heterocycles. The van der Waals surface area contributed by atoms with Crippen LogP contribution in [-0.4, -0.2) is 17.3 Å². The summed E-state index contributed by atoms with van der Waals surface area (Å²) in [6.45, 7) is 0.575. The van der Waals surface area contributed by atoms with E-state index in [1.165, 1.54) is 11.3 Å². The van der Waals surface area contributed by atoms with Gasteiger partial charge in [0, 0.05) is 23.1 Å². The monoisotopic (exact) mass is 252 g/mol. The quantitative estimate of drug-likeness (QED) is 0.829. The highest BCUT2D eigenvalue weighted by Crippen LogP contribution is 2.15. The van der Waals surface area contributed by atoms with Crippen LogP contribution in [0.15, 0.2) is 22.9 Å². The first-order valence-electron chi connectivity index (χ1n) is 4.99. The van der Waals surface area contributed by atoms with Gasteiger partial charge in [-0.2, -0.15) is 0 Å². The summed E-state index contributed by atoms with van der Waals surface area (Å²) >= 11 is 3.10. The second-order valence-corrected chi connectivity index (χ2v) is 5.32. The lowest BCUT2D eigenvalue weighted by atomic mass is 10.2. The number of rotatable bonds is 5. The lowest BCUT2D eigenvalue weighted by Crippen LogP contribution is -2.05. The fourth-order valence-electron chi connectivity index (χ4n) is 1.34. The smallest absolute Gasteiger partial charge is 0.187 e. The standard InChI is InChI=1S/C11H12N2OS2/c12-4-3-11-13-9(7-16-11)10(14)6-8-2-1-5-15-8/h1-2,5,7H,3-4,6,12H2. The molecule has 0 aromatic carbocycles. The summed E-state index contributed by atoms with van der Waals surface area (Å²) < 4.78 is 0. The highest BCUT2D eigenvalue weighted by Gasteiger charge is 2.11. The number of thiazole rings is 1. The van der Waals surface area contributed by atoms with Crippen LogP contribution in [0.1, 0.15) is 20.4 Å². The molecule has 0 amide bonds. The normalized spacial score (nSPS) is 10.6. The average molecular weight is 252 g/mol. The molecule has 5 heteroatoms. The van der Waals surface area contributed by atoms with Gasteiger partial charge in [-0.3, -0.25) is 4.79 Å². The largest absolute Gasteiger partial charge is 0.330 e. The van der Waals surface area contributed by atoms with E-state index >= 15 is 0 Å². The van der Waals surface area contributed by atoms with E-state index in [2.05, 4.69) is 4.98 Å². The Morgan fingerprint density at radius 1 is 1.44 bits per heavy atom. The van der Waals surface area contributed by atoms with Crippen LogP contribution in [0.3, 0.4) is 0 Å². The van der Waals surface area contributed by atoms with Gasteiger partial charge in [0.1, 0.15) is 5.69 Å². The number of carbonyl (C=O) groups is 1. The summed E-state index contributed by atoms with van der Waals surface area (Å²) in [6, 6.07) is 3.92.